The van der Waals surface area contributed by atoms with E-state index in [1.807, 2.05) is 0 Å². The van der Waals surface area contributed by atoms with Gasteiger partial charge in [0.2, 0.25) is 0 Å². The van der Waals surface area contributed by atoms with Gasteiger partial charge >= 0.3 is 0 Å². The Balaban J connectivity index is 2.13. The number of rotatable bonds is 6. The number of hydrogen-bond acceptors (Lipinski definition) is 1. The third-order valence-electron chi connectivity index (χ3n) is 4.24. The van der Waals surface area contributed by atoms with E-state index in [-0.39, 0.29) is 0 Å². The molecule has 0 aliphatic heterocycles. The van der Waals surface area contributed by atoms with Crippen molar-refractivity contribution in [2.75, 3.05) is 6.54 Å². The lowest BCUT2D eigenvalue weighted by Gasteiger charge is -2.21. The standard InChI is InChI=1S/C17H27N/c1-2-6-14(9-5-12-18)17-11-10-15-7-3-4-8-16(15)13-17/h10-11,13-14H,2-9,12,18H2,1H3. The van der Waals surface area contributed by atoms with E-state index in [9.17, 15) is 0 Å². The molecule has 0 heterocycles. The van der Waals surface area contributed by atoms with Crippen LogP contribution in [0.4, 0.5) is 0 Å². The van der Waals surface area contributed by atoms with Gasteiger partial charge < -0.3 is 5.73 Å². The van der Waals surface area contributed by atoms with Gasteiger partial charge in [0, 0.05) is 0 Å². The number of fused-ring (bicyclic) bond motifs is 1. The summed E-state index contributed by atoms with van der Waals surface area (Å²) in [4.78, 5) is 0. The molecule has 100 valence electrons. The highest BCUT2D eigenvalue weighted by Crippen LogP contribution is 2.30. The first-order valence-corrected chi connectivity index (χ1v) is 7.67. The molecule has 0 aromatic heterocycles. The van der Waals surface area contributed by atoms with E-state index in [0.29, 0.717) is 0 Å². The second-order valence-electron chi connectivity index (χ2n) is 5.65. The quantitative estimate of drug-likeness (QED) is 0.799. The highest BCUT2D eigenvalue weighted by Gasteiger charge is 2.14. The number of nitrogens with two attached hydrogens (primary N) is 1. The topological polar surface area (TPSA) is 26.0 Å². The van der Waals surface area contributed by atoms with Gasteiger partial charge in [0.15, 0.2) is 0 Å². The molecule has 0 radical (unpaired) electrons. The molecule has 1 aromatic rings. The van der Waals surface area contributed by atoms with Crippen LogP contribution in [0.1, 0.15) is 68.1 Å². The highest BCUT2D eigenvalue weighted by atomic mass is 14.5. The van der Waals surface area contributed by atoms with Crippen molar-refractivity contribution in [2.45, 2.75) is 64.2 Å². The summed E-state index contributed by atoms with van der Waals surface area (Å²) in [5, 5.41) is 0. The molecule has 1 unspecified atom stereocenters. The summed E-state index contributed by atoms with van der Waals surface area (Å²) in [6.45, 7) is 3.11. The average molecular weight is 245 g/mol. The summed E-state index contributed by atoms with van der Waals surface area (Å²) < 4.78 is 0. The van der Waals surface area contributed by atoms with Gasteiger partial charge in [0.1, 0.15) is 0 Å². The Hall–Kier alpha value is -0.820. The van der Waals surface area contributed by atoms with Gasteiger partial charge in [-0.05, 0) is 74.1 Å². The molecular formula is C17H27N. The first kappa shape index (κ1) is 13.6. The van der Waals surface area contributed by atoms with Crippen molar-refractivity contribution in [3.63, 3.8) is 0 Å². The summed E-state index contributed by atoms with van der Waals surface area (Å²) in [7, 11) is 0. The van der Waals surface area contributed by atoms with E-state index in [2.05, 4.69) is 25.1 Å². The minimum Gasteiger partial charge on any atom is -0.330 e. The van der Waals surface area contributed by atoms with Gasteiger partial charge in [0.25, 0.3) is 0 Å². The van der Waals surface area contributed by atoms with Gasteiger partial charge in [-0.1, -0.05) is 31.5 Å². The lowest BCUT2D eigenvalue weighted by Crippen LogP contribution is -2.07. The second kappa shape index (κ2) is 6.94. The van der Waals surface area contributed by atoms with Crippen molar-refractivity contribution in [1.82, 2.24) is 0 Å². The lowest BCUT2D eigenvalue weighted by atomic mass is 9.84. The van der Waals surface area contributed by atoms with Crippen LogP contribution in [0.3, 0.4) is 0 Å². The third kappa shape index (κ3) is 3.35. The minimum absolute atomic E-state index is 0.728. The fourth-order valence-electron chi connectivity index (χ4n) is 3.20. The van der Waals surface area contributed by atoms with Gasteiger partial charge in [-0.15, -0.1) is 0 Å². The SMILES string of the molecule is CCCC(CCCN)c1ccc2c(c1)CCCC2. The summed E-state index contributed by atoms with van der Waals surface area (Å²) >= 11 is 0. The predicted molar refractivity (Wildman–Crippen MR) is 79.0 cm³/mol. The Bertz CT molecular complexity index is 370. The van der Waals surface area contributed by atoms with E-state index < -0.39 is 0 Å². The summed E-state index contributed by atoms with van der Waals surface area (Å²) in [5.41, 5.74) is 10.4. The van der Waals surface area contributed by atoms with Gasteiger partial charge in [-0.2, -0.15) is 0 Å². The molecule has 0 amide bonds. The normalized spacial score (nSPS) is 16.3. The molecule has 2 rings (SSSR count). The molecule has 0 bridgehead atoms. The molecule has 0 spiro atoms. The Morgan fingerprint density at radius 2 is 1.89 bits per heavy atom. The first-order valence-electron chi connectivity index (χ1n) is 7.67. The number of hydrogen-bond donors (Lipinski definition) is 1. The van der Waals surface area contributed by atoms with Crippen LogP contribution in [0.2, 0.25) is 0 Å². The van der Waals surface area contributed by atoms with Gasteiger partial charge in [-0.3, -0.25) is 0 Å². The maximum atomic E-state index is 5.66. The largest absolute Gasteiger partial charge is 0.330 e. The van der Waals surface area contributed by atoms with Crippen molar-refractivity contribution in [1.29, 1.82) is 0 Å². The number of benzene rings is 1. The molecule has 2 N–H and O–H groups in total. The van der Waals surface area contributed by atoms with Crippen LogP contribution in [-0.4, -0.2) is 6.54 Å². The lowest BCUT2D eigenvalue weighted by molar-refractivity contribution is 0.548. The second-order valence-corrected chi connectivity index (χ2v) is 5.65. The zero-order chi connectivity index (χ0) is 12.8. The molecule has 0 saturated heterocycles. The Labute approximate surface area is 112 Å². The minimum atomic E-state index is 0.728. The molecule has 1 aromatic carbocycles. The van der Waals surface area contributed by atoms with E-state index in [1.54, 1.807) is 16.7 Å². The summed E-state index contributed by atoms with van der Waals surface area (Å²) in [6.07, 6.45) is 10.3. The van der Waals surface area contributed by atoms with Crippen LogP contribution >= 0.6 is 0 Å². The van der Waals surface area contributed by atoms with Crippen molar-refractivity contribution < 1.29 is 0 Å². The fourth-order valence-corrected chi connectivity index (χ4v) is 3.20. The molecular weight excluding hydrogens is 218 g/mol. The highest BCUT2D eigenvalue weighted by molar-refractivity contribution is 5.35. The summed E-state index contributed by atoms with van der Waals surface area (Å²) in [6, 6.07) is 7.25. The van der Waals surface area contributed by atoms with Crippen LogP contribution in [0.5, 0.6) is 0 Å². The third-order valence-corrected chi connectivity index (χ3v) is 4.24. The smallest absolute Gasteiger partial charge is 0.00771 e. The monoisotopic (exact) mass is 245 g/mol. The predicted octanol–water partition coefficient (Wildman–Crippen LogP) is 4.19. The fraction of sp³-hybridized carbons (Fsp3) is 0.647. The number of aryl methyl sites for hydroxylation is 2. The van der Waals surface area contributed by atoms with E-state index in [4.69, 9.17) is 5.73 Å². The van der Waals surface area contributed by atoms with Crippen LogP contribution in [0, 0.1) is 0 Å². The molecule has 0 saturated carbocycles. The maximum absolute atomic E-state index is 5.66. The van der Waals surface area contributed by atoms with E-state index >= 15 is 0 Å². The molecule has 1 atom stereocenters. The maximum Gasteiger partial charge on any atom is -0.00771 e. The van der Waals surface area contributed by atoms with Crippen molar-refractivity contribution in [2.24, 2.45) is 5.73 Å². The van der Waals surface area contributed by atoms with Crippen molar-refractivity contribution in [3.05, 3.63) is 34.9 Å². The Morgan fingerprint density at radius 3 is 2.61 bits per heavy atom. The molecule has 1 aliphatic carbocycles. The Morgan fingerprint density at radius 1 is 1.11 bits per heavy atom. The molecule has 18 heavy (non-hydrogen) atoms. The van der Waals surface area contributed by atoms with Crippen LogP contribution in [-0.2, 0) is 12.8 Å². The zero-order valence-electron chi connectivity index (χ0n) is 11.8. The van der Waals surface area contributed by atoms with Crippen molar-refractivity contribution in [3.8, 4) is 0 Å². The van der Waals surface area contributed by atoms with Crippen molar-refractivity contribution >= 4 is 0 Å². The van der Waals surface area contributed by atoms with E-state index in [0.717, 1.165) is 18.9 Å². The van der Waals surface area contributed by atoms with E-state index in [1.165, 1.54) is 44.9 Å². The van der Waals surface area contributed by atoms with Gasteiger partial charge in [-0.25, -0.2) is 0 Å². The molecule has 0 fully saturated rings. The van der Waals surface area contributed by atoms with Gasteiger partial charge in [0.05, 0.1) is 0 Å². The van der Waals surface area contributed by atoms with Crippen LogP contribution in [0.15, 0.2) is 18.2 Å². The molecule has 1 heteroatoms. The summed E-state index contributed by atoms with van der Waals surface area (Å²) in [5.74, 6) is 0.728. The zero-order valence-corrected chi connectivity index (χ0v) is 11.8. The first-order chi connectivity index (χ1) is 8.85. The Kier molecular flexibility index (Phi) is 5.25. The van der Waals surface area contributed by atoms with Crippen LogP contribution < -0.4 is 5.73 Å². The molecule has 1 aliphatic rings. The van der Waals surface area contributed by atoms with Crippen LogP contribution in [0.25, 0.3) is 0 Å². The average Bonchev–Trinajstić information content (AvgIpc) is 2.43. The molecule has 1 nitrogen and oxygen atoms in total.